The van der Waals surface area contributed by atoms with Crippen molar-refractivity contribution < 1.29 is 19.1 Å². The summed E-state index contributed by atoms with van der Waals surface area (Å²) < 4.78 is 4.19. The van der Waals surface area contributed by atoms with Crippen LogP contribution in [-0.2, 0) is 14.3 Å². The minimum absolute atomic E-state index is 0.823. The number of hydrogen-bond acceptors (Lipinski definition) is 6. The van der Waals surface area contributed by atoms with Crippen molar-refractivity contribution in [1.29, 1.82) is 0 Å². The Hall–Kier alpha value is -2.42. The van der Waals surface area contributed by atoms with Crippen LogP contribution in [0, 0.1) is 0 Å². The molecule has 1 aromatic heterocycles. The molecule has 0 fully saturated rings. The summed E-state index contributed by atoms with van der Waals surface area (Å²) in [4.78, 5) is 33.7. The van der Waals surface area contributed by atoms with Gasteiger partial charge in [0, 0.05) is 4.88 Å². The average molecular weight is 270 g/mol. The molecule has 8 nitrogen and oxygen atoms in total. The summed E-state index contributed by atoms with van der Waals surface area (Å²) in [7, 11) is 1.12. The van der Waals surface area contributed by atoms with Crippen molar-refractivity contribution in [3.8, 4) is 0 Å². The van der Waals surface area contributed by atoms with Crippen LogP contribution in [0.2, 0.25) is 0 Å². The molecule has 1 rings (SSSR count). The van der Waals surface area contributed by atoms with Crippen LogP contribution >= 0.6 is 11.3 Å². The monoisotopic (exact) mass is 270 g/mol. The second-order valence-corrected chi connectivity index (χ2v) is 3.76. The number of carbonyl (C=O) groups is 3. The Kier molecular flexibility index (Phi) is 5.32. The average Bonchev–Trinajstić information content (AvgIpc) is 2.88. The molecule has 0 atom stereocenters. The third-order valence-electron chi connectivity index (χ3n) is 1.57. The number of nitrogens with one attached hydrogen (secondary N) is 3. The number of carbonyl (C=O) groups excluding carboxylic acids is 3. The summed E-state index contributed by atoms with van der Waals surface area (Å²) in [6.07, 6.45) is 0.502. The number of hydrogen-bond donors (Lipinski definition) is 3. The maximum Gasteiger partial charge on any atom is 0.425 e. The maximum absolute atomic E-state index is 11.1. The van der Waals surface area contributed by atoms with Gasteiger partial charge in [-0.3, -0.25) is 15.0 Å². The van der Waals surface area contributed by atoms with Gasteiger partial charge in [-0.2, -0.15) is 5.10 Å². The third-order valence-corrected chi connectivity index (χ3v) is 2.38. The van der Waals surface area contributed by atoms with E-state index in [0.29, 0.717) is 0 Å². The Morgan fingerprint density at radius 3 is 2.72 bits per heavy atom. The highest BCUT2D eigenvalue weighted by molar-refractivity contribution is 7.11. The third kappa shape index (κ3) is 4.61. The first kappa shape index (κ1) is 13.6. The van der Waals surface area contributed by atoms with E-state index in [9.17, 15) is 14.4 Å². The number of ether oxygens (including phenoxy) is 1. The molecular formula is C9H10N4O4S. The van der Waals surface area contributed by atoms with Crippen LogP contribution in [0.4, 0.5) is 4.79 Å². The lowest BCUT2D eigenvalue weighted by Gasteiger charge is -2.03. The largest absolute Gasteiger partial charge is 0.452 e. The van der Waals surface area contributed by atoms with E-state index in [4.69, 9.17) is 0 Å². The summed E-state index contributed by atoms with van der Waals surface area (Å²) in [6, 6.07) is 3.61. The highest BCUT2D eigenvalue weighted by Crippen LogP contribution is 2.03. The number of hydrazone groups is 1. The number of methoxy groups -OCH3 is 1. The Balaban J connectivity index is 2.32. The number of hydrazine groups is 1. The van der Waals surface area contributed by atoms with E-state index in [1.54, 1.807) is 6.07 Å². The van der Waals surface area contributed by atoms with E-state index >= 15 is 0 Å². The smallest absolute Gasteiger partial charge is 0.425 e. The zero-order valence-corrected chi connectivity index (χ0v) is 10.1. The molecule has 0 aromatic carbocycles. The van der Waals surface area contributed by atoms with Crippen molar-refractivity contribution in [2.24, 2.45) is 5.10 Å². The van der Waals surface area contributed by atoms with Crippen LogP contribution in [0.3, 0.4) is 0 Å². The number of thiophene rings is 1. The van der Waals surface area contributed by atoms with Crippen molar-refractivity contribution in [1.82, 2.24) is 16.3 Å². The predicted molar refractivity (Wildman–Crippen MR) is 63.7 cm³/mol. The lowest BCUT2D eigenvalue weighted by Crippen LogP contribution is -2.47. The fraction of sp³-hybridized carbons (Fsp3) is 0.111. The fourth-order valence-electron chi connectivity index (χ4n) is 0.786. The second kappa shape index (κ2) is 7.01. The first-order valence-electron chi connectivity index (χ1n) is 4.64. The van der Waals surface area contributed by atoms with E-state index in [1.165, 1.54) is 17.6 Å². The molecule has 0 saturated heterocycles. The highest BCUT2D eigenvalue weighted by atomic mass is 32.1. The molecule has 3 amide bonds. The normalized spacial score (nSPS) is 9.83. The Labute approximate surface area is 106 Å². The van der Waals surface area contributed by atoms with Gasteiger partial charge in [0.25, 0.3) is 0 Å². The van der Waals surface area contributed by atoms with E-state index in [-0.39, 0.29) is 0 Å². The zero-order valence-electron chi connectivity index (χ0n) is 9.30. The molecule has 0 aliphatic heterocycles. The first-order valence-corrected chi connectivity index (χ1v) is 5.52. The SMILES string of the molecule is COC(=O)NNC(=O)C(=O)N/N=C/c1cccs1. The molecule has 3 N–H and O–H groups in total. The molecule has 0 spiro atoms. The van der Waals surface area contributed by atoms with Gasteiger partial charge in [-0.15, -0.1) is 11.3 Å². The van der Waals surface area contributed by atoms with Crippen LogP contribution in [0.25, 0.3) is 0 Å². The van der Waals surface area contributed by atoms with E-state index in [2.05, 4.69) is 9.84 Å². The number of amides is 3. The predicted octanol–water partition coefficient (Wildman–Crippen LogP) is -0.415. The van der Waals surface area contributed by atoms with Gasteiger partial charge in [0.2, 0.25) is 0 Å². The molecular weight excluding hydrogens is 260 g/mol. The molecule has 0 saturated carbocycles. The van der Waals surface area contributed by atoms with Crippen molar-refractivity contribution in [2.45, 2.75) is 0 Å². The lowest BCUT2D eigenvalue weighted by atomic mass is 10.5. The van der Waals surface area contributed by atoms with Gasteiger partial charge in [-0.05, 0) is 11.4 Å². The lowest BCUT2D eigenvalue weighted by molar-refractivity contribution is -0.139. The molecule has 0 unspecified atom stereocenters. The van der Waals surface area contributed by atoms with Gasteiger partial charge in [-0.1, -0.05) is 6.07 Å². The molecule has 96 valence electrons. The van der Waals surface area contributed by atoms with Crippen molar-refractivity contribution in [2.75, 3.05) is 7.11 Å². The molecule has 18 heavy (non-hydrogen) atoms. The first-order chi connectivity index (χ1) is 8.63. The van der Waals surface area contributed by atoms with E-state index in [1.807, 2.05) is 27.7 Å². The molecule has 0 aliphatic carbocycles. The molecule has 0 radical (unpaired) electrons. The van der Waals surface area contributed by atoms with Crippen molar-refractivity contribution in [3.63, 3.8) is 0 Å². The van der Waals surface area contributed by atoms with E-state index < -0.39 is 17.9 Å². The number of nitrogens with zero attached hydrogens (tertiary/aromatic N) is 1. The summed E-state index contributed by atoms with van der Waals surface area (Å²) in [5.41, 5.74) is 5.67. The molecule has 9 heteroatoms. The summed E-state index contributed by atoms with van der Waals surface area (Å²) in [5, 5.41) is 5.41. The highest BCUT2D eigenvalue weighted by Gasteiger charge is 2.13. The Morgan fingerprint density at radius 1 is 1.33 bits per heavy atom. The molecule has 0 bridgehead atoms. The second-order valence-electron chi connectivity index (χ2n) is 2.79. The van der Waals surface area contributed by atoms with Gasteiger partial charge >= 0.3 is 17.9 Å². The topological polar surface area (TPSA) is 109 Å². The van der Waals surface area contributed by atoms with Crippen LogP contribution < -0.4 is 16.3 Å². The molecule has 1 heterocycles. The minimum atomic E-state index is -1.07. The molecule has 1 aromatic rings. The summed E-state index contributed by atoms with van der Waals surface area (Å²) in [5.74, 6) is -2.08. The Bertz CT molecular complexity index is 457. The summed E-state index contributed by atoms with van der Waals surface area (Å²) in [6.45, 7) is 0. The Morgan fingerprint density at radius 2 is 2.11 bits per heavy atom. The van der Waals surface area contributed by atoms with Gasteiger partial charge < -0.3 is 4.74 Å². The number of rotatable bonds is 2. The fourth-order valence-corrected chi connectivity index (χ4v) is 1.37. The van der Waals surface area contributed by atoms with E-state index in [0.717, 1.165) is 12.0 Å². The van der Waals surface area contributed by atoms with Gasteiger partial charge in [0.15, 0.2) is 0 Å². The van der Waals surface area contributed by atoms with Gasteiger partial charge in [-0.25, -0.2) is 15.6 Å². The molecule has 0 aliphatic rings. The van der Waals surface area contributed by atoms with Crippen LogP contribution in [0.5, 0.6) is 0 Å². The quantitative estimate of drug-likeness (QED) is 0.385. The maximum atomic E-state index is 11.1. The standard InChI is InChI=1S/C9H10N4O4S/c1-17-9(16)13-12-8(15)7(14)11-10-5-6-3-2-4-18-6/h2-5H,1H3,(H,11,14)(H,12,15)(H,13,16)/b10-5+. The van der Waals surface area contributed by atoms with Crippen LogP contribution in [-0.4, -0.2) is 31.2 Å². The minimum Gasteiger partial charge on any atom is -0.452 e. The van der Waals surface area contributed by atoms with Crippen molar-refractivity contribution >= 4 is 35.5 Å². The van der Waals surface area contributed by atoms with Crippen LogP contribution in [0.15, 0.2) is 22.6 Å². The van der Waals surface area contributed by atoms with Crippen molar-refractivity contribution in [3.05, 3.63) is 22.4 Å². The van der Waals surface area contributed by atoms with Crippen LogP contribution in [0.1, 0.15) is 4.88 Å². The zero-order chi connectivity index (χ0) is 13.4. The van der Waals surface area contributed by atoms with Gasteiger partial charge in [0.05, 0.1) is 13.3 Å². The summed E-state index contributed by atoms with van der Waals surface area (Å²) >= 11 is 1.43. The van der Waals surface area contributed by atoms with Gasteiger partial charge in [0.1, 0.15) is 0 Å².